The first-order valence-electron chi connectivity index (χ1n) is 6.74. The second kappa shape index (κ2) is 6.55. The van der Waals surface area contributed by atoms with Crippen molar-refractivity contribution in [1.82, 2.24) is 9.97 Å². The van der Waals surface area contributed by atoms with Crippen LogP contribution >= 0.6 is 0 Å². The molecule has 0 fully saturated rings. The highest BCUT2D eigenvalue weighted by molar-refractivity contribution is 5.47. The second-order valence-corrected chi connectivity index (χ2v) is 4.93. The van der Waals surface area contributed by atoms with Crippen molar-refractivity contribution in [3.05, 3.63) is 17.1 Å². The van der Waals surface area contributed by atoms with Crippen LogP contribution in [0.3, 0.4) is 0 Å². The van der Waals surface area contributed by atoms with E-state index in [0.717, 1.165) is 36.9 Å². The van der Waals surface area contributed by atoms with Crippen LogP contribution in [-0.4, -0.2) is 36.0 Å². The molecule has 0 unspecified atom stereocenters. The van der Waals surface area contributed by atoms with E-state index in [1.165, 1.54) is 0 Å². The van der Waals surface area contributed by atoms with Gasteiger partial charge in [-0.1, -0.05) is 0 Å². The van der Waals surface area contributed by atoms with E-state index in [-0.39, 0.29) is 12.4 Å². The summed E-state index contributed by atoms with van der Waals surface area (Å²) in [5.74, 6) is -3.27. The van der Waals surface area contributed by atoms with Gasteiger partial charge in [0.05, 0.1) is 0 Å². The third-order valence-corrected chi connectivity index (χ3v) is 3.31. The SMILES string of the molecule is CNc1nc(COCC(F)(F)C(F)F)nc2c1CCCC2. The van der Waals surface area contributed by atoms with Gasteiger partial charge in [0.15, 0.2) is 5.82 Å². The molecule has 1 aliphatic carbocycles. The molecule has 1 aromatic rings. The molecule has 118 valence electrons. The van der Waals surface area contributed by atoms with Crippen molar-refractivity contribution in [2.24, 2.45) is 0 Å². The van der Waals surface area contributed by atoms with Gasteiger partial charge in [0.2, 0.25) is 0 Å². The molecule has 1 aliphatic rings. The second-order valence-electron chi connectivity index (χ2n) is 4.93. The molecule has 0 radical (unpaired) electrons. The van der Waals surface area contributed by atoms with Crippen LogP contribution in [-0.2, 0) is 24.2 Å². The number of hydrogen-bond donors (Lipinski definition) is 1. The lowest BCUT2D eigenvalue weighted by molar-refractivity contribution is -0.168. The van der Waals surface area contributed by atoms with Crippen molar-refractivity contribution >= 4 is 5.82 Å². The van der Waals surface area contributed by atoms with Crippen LogP contribution < -0.4 is 5.32 Å². The molecule has 1 aromatic heterocycles. The van der Waals surface area contributed by atoms with E-state index < -0.39 is 19.0 Å². The smallest absolute Gasteiger partial charge is 0.330 e. The van der Waals surface area contributed by atoms with Crippen LogP contribution in [0.15, 0.2) is 0 Å². The number of aryl methyl sites for hydroxylation is 1. The van der Waals surface area contributed by atoms with E-state index in [9.17, 15) is 17.6 Å². The number of ether oxygens (including phenoxy) is 1. The molecule has 8 heteroatoms. The quantitative estimate of drug-likeness (QED) is 0.821. The largest absolute Gasteiger partial charge is 0.373 e. The first-order chi connectivity index (χ1) is 9.94. The standard InChI is InChI=1S/C13H17F4N3O/c1-18-11-8-4-2-3-5-9(8)19-10(20-11)6-21-7-13(16,17)12(14)15/h12H,2-7H2,1H3,(H,18,19,20). The molecule has 1 N–H and O–H groups in total. The Morgan fingerprint density at radius 1 is 1.24 bits per heavy atom. The predicted octanol–water partition coefficient (Wildman–Crippen LogP) is 2.81. The number of rotatable bonds is 6. The summed E-state index contributed by atoms with van der Waals surface area (Å²) in [4.78, 5) is 8.47. The molecule has 1 heterocycles. The monoisotopic (exact) mass is 307 g/mol. The summed E-state index contributed by atoms with van der Waals surface area (Å²) in [6.45, 7) is -1.66. The lowest BCUT2D eigenvalue weighted by Gasteiger charge is -2.19. The molecule has 0 atom stereocenters. The Hall–Kier alpha value is -1.44. The van der Waals surface area contributed by atoms with Gasteiger partial charge in [-0.25, -0.2) is 18.7 Å². The van der Waals surface area contributed by atoms with Gasteiger partial charge in [0.1, 0.15) is 19.0 Å². The molecule has 2 rings (SSSR count). The van der Waals surface area contributed by atoms with Crippen molar-refractivity contribution in [1.29, 1.82) is 0 Å². The van der Waals surface area contributed by atoms with Gasteiger partial charge >= 0.3 is 12.3 Å². The van der Waals surface area contributed by atoms with Crippen molar-refractivity contribution in [3.63, 3.8) is 0 Å². The Morgan fingerprint density at radius 3 is 2.62 bits per heavy atom. The molecule has 4 nitrogen and oxygen atoms in total. The Labute approximate surface area is 119 Å². The van der Waals surface area contributed by atoms with Crippen molar-refractivity contribution < 1.29 is 22.3 Å². The minimum Gasteiger partial charge on any atom is -0.373 e. The van der Waals surface area contributed by atoms with Crippen molar-refractivity contribution in [3.8, 4) is 0 Å². The minimum atomic E-state index is -4.15. The highest BCUT2D eigenvalue weighted by Gasteiger charge is 2.41. The topological polar surface area (TPSA) is 47.0 Å². The van der Waals surface area contributed by atoms with Gasteiger partial charge in [-0.05, 0) is 25.7 Å². The normalized spacial score (nSPS) is 15.1. The van der Waals surface area contributed by atoms with E-state index in [2.05, 4.69) is 20.0 Å². The number of alkyl halides is 4. The van der Waals surface area contributed by atoms with Crippen LogP contribution in [0.4, 0.5) is 23.4 Å². The summed E-state index contributed by atoms with van der Waals surface area (Å²) in [6, 6.07) is 0. The average molecular weight is 307 g/mol. The molecule has 0 aromatic carbocycles. The van der Waals surface area contributed by atoms with Crippen LogP contribution in [0.25, 0.3) is 0 Å². The number of aromatic nitrogens is 2. The van der Waals surface area contributed by atoms with E-state index in [0.29, 0.717) is 5.82 Å². The number of nitrogens with zero attached hydrogens (tertiary/aromatic N) is 2. The number of anilines is 1. The third kappa shape index (κ3) is 3.81. The third-order valence-electron chi connectivity index (χ3n) is 3.31. The van der Waals surface area contributed by atoms with Gasteiger partial charge in [-0.2, -0.15) is 8.78 Å². The summed E-state index contributed by atoms with van der Waals surface area (Å²) >= 11 is 0. The highest BCUT2D eigenvalue weighted by atomic mass is 19.3. The maximum atomic E-state index is 12.7. The van der Waals surface area contributed by atoms with E-state index in [1.807, 2.05) is 0 Å². The zero-order chi connectivity index (χ0) is 15.5. The summed E-state index contributed by atoms with van der Waals surface area (Å²) in [5, 5.41) is 2.95. The Morgan fingerprint density at radius 2 is 1.95 bits per heavy atom. The Balaban J connectivity index is 2.04. The van der Waals surface area contributed by atoms with Gasteiger partial charge in [0.25, 0.3) is 0 Å². The van der Waals surface area contributed by atoms with Crippen LogP contribution in [0.1, 0.15) is 29.9 Å². The summed E-state index contributed by atoms with van der Waals surface area (Å²) in [7, 11) is 1.72. The molecule has 0 spiro atoms. The maximum Gasteiger partial charge on any atom is 0.330 e. The van der Waals surface area contributed by atoms with Crippen molar-refractivity contribution in [2.75, 3.05) is 19.0 Å². The maximum absolute atomic E-state index is 12.7. The van der Waals surface area contributed by atoms with Crippen LogP contribution in [0, 0.1) is 0 Å². The number of fused-ring (bicyclic) bond motifs is 1. The lowest BCUT2D eigenvalue weighted by atomic mass is 9.96. The van der Waals surface area contributed by atoms with E-state index in [1.54, 1.807) is 7.05 Å². The number of hydrogen-bond acceptors (Lipinski definition) is 4. The number of nitrogens with one attached hydrogen (secondary N) is 1. The summed E-state index contributed by atoms with van der Waals surface area (Å²) < 4.78 is 54.2. The molecule has 0 saturated heterocycles. The van der Waals surface area contributed by atoms with E-state index in [4.69, 9.17) is 0 Å². The van der Waals surface area contributed by atoms with Gasteiger partial charge in [-0.15, -0.1) is 0 Å². The summed E-state index contributed by atoms with van der Waals surface area (Å²) in [5.41, 5.74) is 1.91. The van der Waals surface area contributed by atoms with Gasteiger partial charge < -0.3 is 10.1 Å². The molecular formula is C13H17F4N3O. The van der Waals surface area contributed by atoms with Crippen LogP contribution in [0.5, 0.6) is 0 Å². The molecule has 0 aliphatic heterocycles. The van der Waals surface area contributed by atoms with Crippen molar-refractivity contribution in [2.45, 2.75) is 44.6 Å². The minimum absolute atomic E-state index is 0.227. The average Bonchev–Trinajstić information content (AvgIpc) is 2.46. The lowest BCUT2D eigenvalue weighted by Crippen LogP contribution is -2.32. The molecule has 0 bridgehead atoms. The summed E-state index contributed by atoms with van der Waals surface area (Å²) in [6.07, 6.45) is -0.00356. The van der Waals surface area contributed by atoms with Gasteiger partial charge in [0, 0.05) is 18.3 Å². The molecular weight excluding hydrogens is 290 g/mol. The first kappa shape index (κ1) is 15.9. The molecule has 0 saturated carbocycles. The predicted molar refractivity (Wildman–Crippen MR) is 68.8 cm³/mol. The fourth-order valence-electron chi connectivity index (χ4n) is 2.26. The number of halogens is 4. The fraction of sp³-hybridized carbons (Fsp3) is 0.692. The zero-order valence-electron chi connectivity index (χ0n) is 11.6. The fourth-order valence-corrected chi connectivity index (χ4v) is 2.26. The Bertz CT molecular complexity index is 479. The van der Waals surface area contributed by atoms with Crippen LogP contribution in [0.2, 0.25) is 0 Å². The molecule has 21 heavy (non-hydrogen) atoms. The zero-order valence-corrected chi connectivity index (χ0v) is 11.6. The molecule has 0 amide bonds. The first-order valence-corrected chi connectivity index (χ1v) is 6.74. The highest BCUT2D eigenvalue weighted by Crippen LogP contribution is 2.26. The van der Waals surface area contributed by atoms with Gasteiger partial charge in [-0.3, -0.25) is 0 Å². The Kier molecular flexibility index (Phi) is 4.97. The van der Waals surface area contributed by atoms with E-state index >= 15 is 0 Å².